The van der Waals surface area contributed by atoms with E-state index in [0.717, 1.165) is 25.9 Å². The second kappa shape index (κ2) is 4.60. The first-order valence-corrected chi connectivity index (χ1v) is 7.26. The minimum atomic E-state index is 0.384. The van der Waals surface area contributed by atoms with Crippen LogP contribution in [0, 0.1) is 5.92 Å². The molecule has 0 N–H and O–H groups in total. The Labute approximate surface area is 104 Å². The molecular formula is C14H24N2O. The molecule has 3 aliphatic rings. The zero-order valence-electron chi connectivity index (χ0n) is 10.9. The fraction of sp³-hybridized carbons (Fsp3) is 0.929. The third-order valence-corrected chi connectivity index (χ3v) is 4.73. The average Bonchev–Trinajstić information content (AvgIpc) is 3.03. The van der Waals surface area contributed by atoms with Crippen molar-refractivity contribution in [3.8, 4) is 0 Å². The Balaban J connectivity index is 1.64. The van der Waals surface area contributed by atoms with Crippen LogP contribution in [0.5, 0.6) is 0 Å². The Bertz CT molecular complexity index is 289. The highest BCUT2D eigenvalue weighted by Gasteiger charge is 2.41. The van der Waals surface area contributed by atoms with E-state index in [1.807, 2.05) is 0 Å². The molecule has 3 nitrogen and oxygen atoms in total. The van der Waals surface area contributed by atoms with Gasteiger partial charge < -0.3 is 9.80 Å². The van der Waals surface area contributed by atoms with E-state index in [4.69, 9.17) is 0 Å². The lowest BCUT2D eigenvalue weighted by atomic mass is 9.83. The lowest BCUT2D eigenvalue weighted by Crippen LogP contribution is -2.50. The molecule has 2 saturated carbocycles. The van der Waals surface area contributed by atoms with Gasteiger partial charge in [-0.3, -0.25) is 4.79 Å². The van der Waals surface area contributed by atoms with Gasteiger partial charge in [0.05, 0.1) is 0 Å². The van der Waals surface area contributed by atoms with Gasteiger partial charge in [-0.05, 0) is 58.7 Å². The summed E-state index contributed by atoms with van der Waals surface area (Å²) in [6, 6.07) is 1.16. The van der Waals surface area contributed by atoms with E-state index in [0.29, 0.717) is 23.9 Å². The molecule has 0 aromatic heterocycles. The zero-order chi connectivity index (χ0) is 11.8. The van der Waals surface area contributed by atoms with Crippen LogP contribution in [0.1, 0.15) is 44.9 Å². The van der Waals surface area contributed by atoms with Crippen LogP contribution in [0.25, 0.3) is 0 Å². The quantitative estimate of drug-likeness (QED) is 0.747. The molecule has 0 unspecified atom stereocenters. The van der Waals surface area contributed by atoms with E-state index >= 15 is 0 Å². The number of nitrogens with zero attached hydrogens (tertiary/aromatic N) is 2. The van der Waals surface area contributed by atoms with Gasteiger partial charge in [0.25, 0.3) is 0 Å². The minimum absolute atomic E-state index is 0.384. The third-order valence-electron chi connectivity index (χ3n) is 4.73. The molecule has 1 saturated heterocycles. The van der Waals surface area contributed by atoms with Crippen molar-refractivity contribution in [2.45, 2.75) is 57.0 Å². The topological polar surface area (TPSA) is 23.6 Å². The van der Waals surface area contributed by atoms with Gasteiger partial charge in [-0.25, -0.2) is 0 Å². The largest absolute Gasteiger partial charge is 0.336 e. The molecule has 0 spiro atoms. The van der Waals surface area contributed by atoms with Crippen LogP contribution in [0.3, 0.4) is 0 Å². The van der Waals surface area contributed by atoms with Crippen molar-refractivity contribution in [1.82, 2.24) is 9.80 Å². The van der Waals surface area contributed by atoms with E-state index < -0.39 is 0 Å². The highest BCUT2D eigenvalue weighted by molar-refractivity contribution is 5.80. The van der Waals surface area contributed by atoms with Crippen molar-refractivity contribution in [1.29, 1.82) is 0 Å². The highest BCUT2D eigenvalue weighted by atomic mass is 16.2. The Morgan fingerprint density at radius 2 is 1.59 bits per heavy atom. The number of rotatable bonds is 3. The summed E-state index contributed by atoms with van der Waals surface area (Å²) in [5, 5.41) is 0. The van der Waals surface area contributed by atoms with Crippen LogP contribution in [0.2, 0.25) is 0 Å². The molecule has 0 aromatic carbocycles. The molecule has 0 atom stereocenters. The molecule has 1 amide bonds. The average molecular weight is 236 g/mol. The van der Waals surface area contributed by atoms with Crippen LogP contribution in [0.4, 0.5) is 0 Å². The Kier molecular flexibility index (Phi) is 3.12. The van der Waals surface area contributed by atoms with Crippen LogP contribution in [-0.2, 0) is 4.79 Å². The highest BCUT2D eigenvalue weighted by Crippen LogP contribution is 2.37. The van der Waals surface area contributed by atoms with Gasteiger partial charge in [-0.2, -0.15) is 0 Å². The van der Waals surface area contributed by atoms with Crippen molar-refractivity contribution < 1.29 is 4.79 Å². The Morgan fingerprint density at radius 1 is 1.00 bits per heavy atom. The molecule has 96 valence electrons. The first kappa shape index (κ1) is 11.5. The summed E-state index contributed by atoms with van der Waals surface area (Å²) >= 11 is 0. The van der Waals surface area contributed by atoms with Crippen molar-refractivity contribution >= 4 is 5.91 Å². The summed E-state index contributed by atoms with van der Waals surface area (Å²) in [4.78, 5) is 17.2. The van der Waals surface area contributed by atoms with Crippen molar-refractivity contribution in [3.05, 3.63) is 0 Å². The summed E-state index contributed by atoms with van der Waals surface area (Å²) in [6.07, 6.45) is 8.44. The fourth-order valence-corrected chi connectivity index (χ4v) is 3.15. The van der Waals surface area contributed by atoms with Crippen molar-refractivity contribution in [2.75, 3.05) is 20.1 Å². The summed E-state index contributed by atoms with van der Waals surface area (Å²) in [6.45, 7) is 2.32. The normalized spacial score (nSPS) is 27.8. The van der Waals surface area contributed by atoms with Gasteiger partial charge in [-0.1, -0.05) is 6.42 Å². The second-order valence-corrected chi connectivity index (χ2v) is 6.14. The van der Waals surface area contributed by atoms with E-state index in [1.165, 1.54) is 32.1 Å². The first-order valence-electron chi connectivity index (χ1n) is 7.26. The van der Waals surface area contributed by atoms with Crippen LogP contribution >= 0.6 is 0 Å². The van der Waals surface area contributed by atoms with Gasteiger partial charge in [0.2, 0.25) is 5.91 Å². The molecule has 0 radical (unpaired) electrons. The number of hydrogen-bond donors (Lipinski definition) is 0. The van der Waals surface area contributed by atoms with Gasteiger partial charge >= 0.3 is 0 Å². The summed E-state index contributed by atoms with van der Waals surface area (Å²) in [5.74, 6) is 0.878. The Morgan fingerprint density at radius 3 is 2.06 bits per heavy atom. The third kappa shape index (κ3) is 2.35. The zero-order valence-corrected chi connectivity index (χ0v) is 10.9. The van der Waals surface area contributed by atoms with E-state index in [2.05, 4.69) is 16.8 Å². The number of hydrogen-bond acceptors (Lipinski definition) is 2. The maximum absolute atomic E-state index is 12.5. The van der Waals surface area contributed by atoms with Gasteiger partial charge in [0.1, 0.15) is 0 Å². The molecule has 1 heterocycles. The fourth-order valence-electron chi connectivity index (χ4n) is 3.15. The number of piperidine rings is 1. The molecule has 3 fully saturated rings. The minimum Gasteiger partial charge on any atom is -0.336 e. The number of amides is 1. The Hall–Kier alpha value is -0.570. The van der Waals surface area contributed by atoms with Gasteiger partial charge in [-0.15, -0.1) is 0 Å². The molecule has 2 aliphatic carbocycles. The molecule has 0 aromatic rings. The van der Waals surface area contributed by atoms with Gasteiger partial charge in [0, 0.05) is 18.0 Å². The predicted octanol–water partition coefficient (Wildman–Crippen LogP) is 1.87. The van der Waals surface area contributed by atoms with Crippen LogP contribution in [0.15, 0.2) is 0 Å². The molecule has 1 aliphatic heterocycles. The molecule has 0 bridgehead atoms. The smallest absolute Gasteiger partial charge is 0.226 e. The van der Waals surface area contributed by atoms with Crippen molar-refractivity contribution in [2.24, 2.45) is 5.92 Å². The number of likely N-dealkylation sites (tertiary alicyclic amines) is 1. The van der Waals surface area contributed by atoms with E-state index in [9.17, 15) is 4.79 Å². The molecular weight excluding hydrogens is 212 g/mol. The van der Waals surface area contributed by atoms with Crippen molar-refractivity contribution in [3.63, 3.8) is 0 Å². The lowest BCUT2D eigenvalue weighted by Gasteiger charge is -2.40. The van der Waals surface area contributed by atoms with Crippen LogP contribution < -0.4 is 0 Å². The summed E-state index contributed by atoms with van der Waals surface area (Å²) in [7, 11) is 2.19. The van der Waals surface area contributed by atoms with E-state index in [1.54, 1.807) is 0 Å². The molecule has 17 heavy (non-hydrogen) atoms. The predicted molar refractivity (Wildman–Crippen MR) is 67.7 cm³/mol. The van der Waals surface area contributed by atoms with Gasteiger partial charge in [0.15, 0.2) is 0 Å². The monoisotopic (exact) mass is 236 g/mol. The summed E-state index contributed by atoms with van der Waals surface area (Å²) in [5.41, 5.74) is 0. The number of carbonyl (C=O) groups excluding carboxylic acids is 1. The number of carbonyl (C=O) groups is 1. The standard InChI is InChI=1S/C14H24N2O/c1-15-9-7-13(8-10-15)16(12-5-6-12)14(17)11-3-2-4-11/h11-13H,2-10H2,1H3. The van der Waals surface area contributed by atoms with Crippen LogP contribution in [-0.4, -0.2) is 47.9 Å². The molecule has 3 heteroatoms. The molecule has 3 rings (SSSR count). The maximum atomic E-state index is 12.5. The SMILES string of the molecule is CN1CCC(N(C(=O)C2CCC2)C2CC2)CC1. The lowest BCUT2D eigenvalue weighted by molar-refractivity contribution is -0.142. The maximum Gasteiger partial charge on any atom is 0.226 e. The van der Waals surface area contributed by atoms with E-state index in [-0.39, 0.29) is 0 Å². The first-order chi connectivity index (χ1) is 8.25. The summed E-state index contributed by atoms with van der Waals surface area (Å²) < 4.78 is 0. The second-order valence-electron chi connectivity index (χ2n) is 6.14.